The number of aliphatic hydroxyl groups is 1. The first-order valence-electron chi connectivity index (χ1n) is 21.2. The highest BCUT2D eigenvalue weighted by molar-refractivity contribution is 7.89. The summed E-state index contributed by atoms with van der Waals surface area (Å²) < 4.78 is 55.1. The van der Waals surface area contributed by atoms with Crippen molar-refractivity contribution >= 4 is 15.9 Å². The van der Waals surface area contributed by atoms with E-state index in [9.17, 15) is 18.3 Å². The van der Waals surface area contributed by atoms with Gasteiger partial charge in [-0.25, -0.2) is 8.42 Å². The van der Waals surface area contributed by atoms with E-state index in [0.29, 0.717) is 13.2 Å². The Hall–Kier alpha value is -4.76. The highest BCUT2D eigenvalue weighted by Crippen LogP contribution is 2.43. The standard InChI is InChI=1S/C49H55N3O8S/c1-34-12-22-42(23-13-34)61(55,56)51-44(30-36-8-4-3-5-9-36)47(54)50-31-41-10-6-7-11-43(41)38-18-20-40(21-19-38)48-59-45(32-52-26-24-49(25-27-52)57-28-29-58-49)35(2)46(60-48)39-16-14-37(33-53)15-17-39/h3-23,35,44-46,48,51,53H,24-33H2,1-2H3,(H,50,54). The number of amides is 1. The topological polar surface area (TPSA) is 136 Å². The Labute approximate surface area is 359 Å². The minimum absolute atomic E-state index is 0.0215. The fraction of sp³-hybridized carbons (Fsp3) is 0.367. The van der Waals surface area contributed by atoms with Crippen molar-refractivity contribution in [3.63, 3.8) is 0 Å². The highest BCUT2D eigenvalue weighted by atomic mass is 32.2. The lowest BCUT2D eigenvalue weighted by Gasteiger charge is -2.44. The van der Waals surface area contributed by atoms with E-state index in [0.717, 1.165) is 77.0 Å². The molecule has 0 bridgehead atoms. The summed E-state index contributed by atoms with van der Waals surface area (Å²) in [7, 11) is -3.98. The van der Waals surface area contributed by atoms with Crippen LogP contribution in [0, 0.1) is 12.8 Å². The first-order valence-corrected chi connectivity index (χ1v) is 22.7. The Morgan fingerprint density at radius 3 is 2.15 bits per heavy atom. The molecule has 0 aliphatic carbocycles. The summed E-state index contributed by atoms with van der Waals surface area (Å²) in [5.74, 6) is -0.820. The van der Waals surface area contributed by atoms with Gasteiger partial charge in [0.25, 0.3) is 0 Å². The number of nitrogens with zero attached hydrogens (tertiary/aromatic N) is 1. The van der Waals surface area contributed by atoms with Crippen molar-refractivity contribution in [3.05, 3.63) is 161 Å². The molecule has 61 heavy (non-hydrogen) atoms. The second-order valence-electron chi connectivity index (χ2n) is 16.4. The molecule has 3 aliphatic rings. The molecule has 1 spiro atoms. The summed E-state index contributed by atoms with van der Waals surface area (Å²) in [5.41, 5.74) is 7.31. The fourth-order valence-corrected chi connectivity index (χ4v) is 9.73. The van der Waals surface area contributed by atoms with E-state index in [1.54, 1.807) is 24.3 Å². The molecule has 320 valence electrons. The van der Waals surface area contributed by atoms with E-state index in [1.165, 1.54) is 0 Å². The van der Waals surface area contributed by atoms with Gasteiger partial charge in [-0.1, -0.05) is 128 Å². The quantitative estimate of drug-likeness (QED) is 0.108. The second-order valence-corrected chi connectivity index (χ2v) is 18.1. The molecule has 1 amide bonds. The number of benzene rings is 5. The number of sulfonamides is 1. The molecule has 12 heteroatoms. The largest absolute Gasteiger partial charge is 0.392 e. The van der Waals surface area contributed by atoms with Crippen molar-refractivity contribution < 1.29 is 37.3 Å². The summed E-state index contributed by atoms with van der Waals surface area (Å²) in [6.45, 7) is 8.01. The molecule has 3 fully saturated rings. The van der Waals surface area contributed by atoms with Gasteiger partial charge in [-0.05, 0) is 58.9 Å². The van der Waals surface area contributed by atoms with Gasteiger partial charge in [0, 0.05) is 50.5 Å². The molecule has 0 saturated carbocycles. The third-order valence-electron chi connectivity index (χ3n) is 12.2. The highest BCUT2D eigenvalue weighted by Gasteiger charge is 2.43. The monoisotopic (exact) mass is 845 g/mol. The normalized spacial score (nSPS) is 22.2. The van der Waals surface area contributed by atoms with Gasteiger partial charge in [0.1, 0.15) is 6.04 Å². The Morgan fingerprint density at radius 2 is 1.46 bits per heavy atom. The number of carbonyl (C=O) groups excluding carboxylic acids is 1. The summed E-state index contributed by atoms with van der Waals surface area (Å²) in [4.78, 5) is 16.4. The third kappa shape index (κ3) is 10.3. The van der Waals surface area contributed by atoms with E-state index in [-0.39, 0.29) is 42.6 Å². The minimum atomic E-state index is -3.98. The van der Waals surface area contributed by atoms with E-state index < -0.39 is 34.0 Å². The molecular weight excluding hydrogens is 791 g/mol. The van der Waals surface area contributed by atoms with Crippen LogP contribution in [0.3, 0.4) is 0 Å². The molecule has 11 nitrogen and oxygen atoms in total. The van der Waals surface area contributed by atoms with Crippen molar-refractivity contribution in [2.24, 2.45) is 5.92 Å². The summed E-state index contributed by atoms with van der Waals surface area (Å²) in [6, 6.07) is 38.9. The van der Waals surface area contributed by atoms with Gasteiger partial charge in [-0.2, -0.15) is 4.72 Å². The van der Waals surface area contributed by atoms with Crippen LogP contribution in [-0.4, -0.2) is 75.1 Å². The zero-order valence-corrected chi connectivity index (χ0v) is 35.6. The molecular formula is C49H55N3O8S. The van der Waals surface area contributed by atoms with Gasteiger partial charge in [0.05, 0.1) is 36.9 Å². The molecule has 0 aromatic heterocycles. The zero-order chi connectivity index (χ0) is 42.4. The van der Waals surface area contributed by atoms with Gasteiger partial charge in [0.15, 0.2) is 12.1 Å². The van der Waals surface area contributed by atoms with Crippen molar-refractivity contribution in [2.45, 2.75) is 81.5 Å². The fourth-order valence-electron chi connectivity index (χ4n) is 8.54. The number of likely N-dealkylation sites (tertiary alicyclic amines) is 1. The van der Waals surface area contributed by atoms with E-state index in [2.05, 4.69) is 21.9 Å². The maximum absolute atomic E-state index is 13.9. The van der Waals surface area contributed by atoms with Crippen molar-refractivity contribution in [1.29, 1.82) is 0 Å². The van der Waals surface area contributed by atoms with E-state index >= 15 is 0 Å². The maximum Gasteiger partial charge on any atom is 0.241 e. The molecule has 3 N–H and O–H groups in total. The number of hydrogen-bond acceptors (Lipinski definition) is 9. The minimum Gasteiger partial charge on any atom is -0.392 e. The predicted octanol–water partition coefficient (Wildman–Crippen LogP) is 6.99. The van der Waals surface area contributed by atoms with Crippen LogP contribution >= 0.6 is 0 Å². The molecule has 3 heterocycles. The summed E-state index contributed by atoms with van der Waals surface area (Å²) >= 11 is 0. The number of hydrogen-bond donors (Lipinski definition) is 3. The maximum atomic E-state index is 13.9. The van der Waals surface area contributed by atoms with Crippen LogP contribution in [0.2, 0.25) is 0 Å². The molecule has 5 atom stereocenters. The van der Waals surface area contributed by atoms with Crippen molar-refractivity contribution in [1.82, 2.24) is 14.9 Å². The Kier molecular flexibility index (Phi) is 13.4. The number of nitrogens with one attached hydrogen (secondary N) is 2. The van der Waals surface area contributed by atoms with Crippen molar-refractivity contribution in [3.8, 4) is 11.1 Å². The lowest BCUT2D eigenvalue weighted by Crippen LogP contribution is -2.50. The van der Waals surface area contributed by atoms with Gasteiger partial charge < -0.3 is 34.3 Å². The van der Waals surface area contributed by atoms with Crippen LogP contribution in [0.4, 0.5) is 0 Å². The van der Waals surface area contributed by atoms with Crippen molar-refractivity contribution in [2.75, 3.05) is 32.8 Å². The molecule has 0 radical (unpaired) electrons. The average Bonchev–Trinajstić information content (AvgIpc) is 3.75. The smallest absolute Gasteiger partial charge is 0.241 e. The van der Waals surface area contributed by atoms with Crippen LogP contribution in [0.5, 0.6) is 0 Å². The van der Waals surface area contributed by atoms with Crippen LogP contribution < -0.4 is 10.0 Å². The first-order chi connectivity index (χ1) is 29.6. The van der Waals surface area contributed by atoms with Gasteiger partial charge in [-0.15, -0.1) is 0 Å². The number of piperidine rings is 1. The lowest BCUT2D eigenvalue weighted by atomic mass is 9.89. The SMILES string of the molecule is Cc1ccc(S(=O)(=O)NC(Cc2ccccc2)C(=O)NCc2ccccc2-c2ccc(C3OC(CN4CCC5(CC4)OCCO5)C(C)C(c4ccc(CO)cc4)O3)cc2)cc1. The molecule has 3 saturated heterocycles. The Morgan fingerprint density at radius 1 is 0.803 bits per heavy atom. The van der Waals surface area contributed by atoms with Gasteiger partial charge in [0.2, 0.25) is 15.9 Å². The number of aliphatic hydroxyl groups excluding tert-OH is 1. The van der Waals surface area contributed by atoms with Gasteiger partial charge in [-0.3, -0.25) is 4.79 Å². The average molecular weight is 846 g/mol. The molecule has 8 rings (SSSR count). The number of carbonyl (C=O) groups is 1. The number of aryl methyl sites for hydroxylation is 1. The van der Waals surface area contributed by atoms with Gasteiger partial charge >= 0.3 is 0 Å². The summed E-state index contributed by atoms with van der Waals surface area (Å²) in [6.07, 6.45) is 0.877. The van der Waals surface area contributed by atoms with Crippen LogP contribution in [-0.2, 0) is 53.3 Å². The number of ether oxygens (including phenoxy) is 4. The Bertz CT molecular complexity index is 2330. The van der Waals surface area contributed by atoms with Crippen LogP contribution in [0.1, 0.15) is 65.5 Å². The van der Waals surface area contributed by atoms with Crippen LogP contribution in [0.15, 0.2) is 132 Å². The second kappa shape index (κ2) is 19.1. The van der Waals surface area contributed by atoms with Crippen LogP contribution in [0.25, 0.3) is 11.1 Å². The Balaban J connectivity index is 0.978. The lowest BCUT2D eigenvalue weighted by molar-refractivity contribution is -0.278. The van der Waals surface area contributed by atoms with E-state index in [4.69, 9.17) is 18.9 Å². The molecule has 5 aromatic carbocycles. The third-order valence-corrected chi connectivity index (χ3v) is 13.7. The molecule has 3 aliphatic heterocycles. The van der Waals surface area contributed by atoms with E-state index in [1.807, 2.05) is 110 Å². The molecule has 5 unspecified atom stereocenters. The molecule has 5 aromatic rings. The zero-order valence-electron chi connectivity index (χ0n) is 34.7. The predicted molar refractivity (Wildman–Crippen MR) is 232 cm³/mol. The first kappa shape index (κ1) is 42.9. The summed E-state index contributed by atoms with van der Waals surface area (Å²) in [5, 5.41) is 12.7. The number of rotatable bonds is 14.